The largest absolute Gasteiger partial charge is 0.358 e. The summed E-state index contributed by atoms with van der Waals surface area (Å²) in [6.45, 7) is 3.96. The van der Waals surface area contributed by atoms with Gasteiger partial charge in [-0.25, -0.2) is 0 Å². The van der Waals surface area contributed by atoms with E-state index in [9.17, 15) is 0 Å². The van der Waals surface area contributed by atoms with Gasteiger partial charge in [0.05, 0.1) is 6.04 Å². The molecule has 1 aromatic rings. The zero-order valence-electron chi connectivity index (χ0n) is 9.36. The summed E-state index contributed by atoms with van der Waals surface area (Å²) >= 11 is 5.07. The van der Waals surface area contributed by atoms with Crippen molar-refractivity contribution in [3.05, 3.63) is 35.9 Å². The predicted octanol–water partition coefficient (Wildman–Crippen LogP) is 1.01. The van der Waals surface area contributed by atoms with E-state index in [1.54, 1.807) is 0 Å². The monoisotopic (exact) mass is 235 g/mol. The van der Waals surface area contributed by atoms with Crippen LogP contribution in [-0.2, 0) is 6.54 Å². The second-order valence-corrected chi connectivity index (χ2v) is 4.54. The molecule has 1 aliphatic heterocycles. The Labute approximate surface area is 102 Å². The van der Waals surface area contributed by atoms with E-state index < -0.39 is 0 Å². The normalized spacial score (nSPS) is 23.9. The second-order valence-electron chi connectivity index (χ2n) is 4.13. The second kappa shape index (κ2) is 5.27. The third kappa shape index (κ3) is 2.93. The molecule has 2 unspecified atom stereocenters. The molecule has 1 saturated heterocycles. The standard InChI is InChI=1S/C12H17N3S/c1-9-11(15-12(16)14-9)8-13-7-10-5-3-2-4-6-10/h2-6,9,11,13H,7-8H2,1H3,(H2,14,15,16). The van der Waals surface area contributed by atoms with Crippen molar-refractivity contribution in [2.24, 2.45) is 0 Å². The first kappa shape index (κ1) is 11.4. The fourth-order valence-electron chi connectivity index (χ4n) is 1.84. The third-order valence-electron chi connectivity index (χ3n) is 2.82. The van der Waals surface area contributed by atoms with E-state index in [1.165, 1.54) is 5.56 Å². The van der Waals surface area contributed by atoms with Crippen molar-refractivity contribution in [2.45, 2.75) is 25.6 Å². The Balaban J connectivity index is 1.74. The van der Waals surface area contributed by atoms with E-state index in [2.05, 4.69) is 47.1 Å². The average molecular weight is 235 g/mol. The summed E-state index contributed by atoms with van der Waals surface area (Å²) in [4.78, 5) is 0. The fourth-order valence-corrected chi connectivity index (χ4v) is 2.18. The summed E-state index contributed by atoms with van der Waals surface area (Å²) in [6, 6.07) is 11.2. The molecule has 86 valence electrons. The molecule has 1 aliphatic rings. The van der Waals surface area contributed by atoms with Crippen LogP contribution in [0.1, 0.15) is 12.5 Å². The molecule has 1 aromatic carbocycles. The number of hydrogen-bond donors (Lipinski definition) is 3. The third-order valence-corrected chi connectivity index (χ3v) is 3.05. The number of rotatable bonds is 4. The maximum Gasteiger partial charge on any atom is 0.166 e. The van der Waals surface area contributed by atoms with Gasteiger partial charge in [0.1, 0.15) is 0 Å². The zero-order chi connectivity index (χ0) is 11.4. The lowest BCUT2D eigenvalue weighted by Crippen LogP contribution is -2.40. The summed E-state index contributed by atoms with van der Waals surface area (Å²) in [5.41, 5.74) is 1.31. The summed E-state index contributed by atoms with van der Waals surface area (Å²) in [6.07, 6.45) is 0. The van der Waals surface area contributed by atoms with E-state index in [0.717, 1.165) is 18.2 Å². The Kier molecular flexibility index (Phi) is 3.74. The van der Waals surface area contributed by atoms with Gasteiger partial charge in [-0.2, -0.15) is 0 Å². The van der Waals surface area contributed by atoms with Crippen LogP contribution in [0, 0.1) is 0 Å². The molecule has 0 bridgehead atoms. The number of benzene rings is 1. The topological polar surface area (TPSA) is 36.1 Å². The molecule has 2 rings (SSSR count). The minimum Gasteiger partial charge on any atom is -0.358 e. The molecule has 0 radical (unpaired) electrons. The SMILES string of the molecule is CC1NC(=S)NC1CNCc1ccccc1. The summed E-state index contributed by atoms with van der Waals surface area (Å²) in [5.74, 6) is 0. The van der Waals surface area contributed by atoms with Crippen LogP contribution in [0.2, 0.25) is 0 Å². The highest BCUT2D eigenvalue weighted by Gasteiger charge is 2.24. The molecular formula is C12H17N3S. The van der Waals surface area contributed by atoms with Gasteiger partial charge in [-0.3, -0.25) is 0 Å². The molecule has 2 atom stereocenters. The quantitative estimate of drug-likeness (QED) is 0.681. The molecule has 0 spiro atoms. The molecule has 0 aromatic heterocycles. The van der Waals surface area contributed by atoms with Crippen LogP contribution in [0.4, 0.5) is 0 Å². The van der Waals surface area contributed by atoms with Crippen LogP contribution in [0.5, 0.6) is 0 Å². The van der Waals surface area contributed by atoms with Crippen molar-refractivity contribution in [2.75, 3.05) is 6.54 Å². The van der Waals surface area contributed by atoms with E-state index >= 15 is 0 Å². The van der Waals surface area contributed by atoms with Crippen molar-refractivity contribution >= 4 is 17.3 Å². The number of nitrogens with one attached hydrogen (secondary N) is 3. The Bertz CT molecular complexity index is 353. The fraction of sp³-hybridized carbons (Fsp3) is 0.417. The molecule has 0 amide bonds. The Morgan fingerprint density at radius 1 is 1.25 bits per heavy atom. The Morgan fingerprint density at radius 2 is 2.00 bits per heavy atom. The first-order valence-electron chi connectivity index (χ1n) is 5.57. The highest BCUT2D eigenvalue weighted by Crippen LogP contribution is 2.01. The highest BCUT2D eigenvalue weighted by molar-refractivity contribution is 7.80. The minimum atomic E-state index is 0.385. The Morgan fingerprint density at radius 3 is 2.62 bits per heavy atom. The van der Waals surface area contributed by atoms with Crippen molar-refractivity contribution in [3.8, 4) is 0 Å². The molecule has 1 heterocycles. The van der Waals surface area contributed by atoms with Crippen molar-refractivity contribution < 1.29 is 0 Å². The zero-order valence-corrected chi connectivity index (χ0v) is 10.2. The van der Waals surface area contributed by atoms with Crippen LogP contribution in [0.25, 0.3) is 0 Å². The van der Waals surface area contributed by atoms with Crippen LogP contribution >= 0.6 is 12.2 Å². The van der Waals surface area contributed by atoms with Gasteiger partial charge in [-0.05, 0) is 24.7 Å². The first-order chi connectivity index (χ1) is 7.75. The summed E-state index contributed by atoms with van der Waals surface area (Å²) in [7, 11) is 0. The summed E-state index contributed by atoms with van der Waals surface area (Å²) in [5, 5.41) is 10.6. The van der Waals surface area contributed by atoms with Crippen LogP contribution in [-0.4, -0.2) is 23.7 Å². The van der Waals surface area contributed by atoms with Gasteiger partial charge >= 0.3 is 0 Å². The number of hydrogen-bond acceptors (Lipinski definition) is 2. The molecule has 0 aliphatic carbocycles. The predicted molar refractivity (Wildman–Crippen MR) is 70.3 cm³/mol. The van der Waals surface area contributed by atoms with Gasteiger partial charge in [-0.15, -0.1) is 0 Å². The smallest absolute Gasteiger partial charge is 0.166 e. The highest BCUT2D eigenvalue weighted by atomic mass is 32.1. The lowest BCUT2D eigenvalue weighted by molar-refractivity contribution is 0.495. The molecular weight excluding hydrogens is 218 g/mol. The van der Waals surface area contributed by atoms with E-state index in [0.29, 0.717) is 12.1 Å². The van der Waals surface area contributed by atoms with E-state index in [1.807, 2.05) is 6.07 Å². The average Bonchev–Trinajstić information content (AvgIpc) is 2.59. The van der Waals surface area contributed by atoms with E-state index in [4.69, 9.17) is 12.2 Å². The van der Waals surface area contributed by atoms with Gasteiger partial charge < -0.3 is 16.0 Å². The lowest BCUT2D eigenvalue weighted by atomic mass is 10.1. The van der Waals surface area contributed by atoms with Crippen molar-refractivity contribution in [1.29, 1.82) is 0 Å². The maximum atomic E-state index is 5.07. The van der Waals surface area contributed by atoms with Gasteiger partial charge in [0.15, 0.2) is 5.11 Å². The van der Waals surface area contributed by atoms with Crippen LogP contribution < -0.4 is 16.0 Å². The van der Waals surface area contributed by atoms with Gasteiger partial charge in [-0.1, -0.05) is 30.3 Å². The van der Waals surface area contributed by atoms with Gasteiger partial charge in [0, 0.05) is 19.1 Å². The molecule has 16 heavy (non-hydrogen) atoms. The van der Waals surface area contributed by atoms with Gasteiger partial charge in [0.25, 0.3) is 0 Å². The van der Waals surface area contributed by atoms with E-state index in [-0.39, 0.29) is 0 Å². The lowest BCUT2D eigenvalue weighted by Gasteiger charge is -2.15. The van der Waals surface area contributed by atoms with Crippen molar-refractivity contribution in [1.82, 2.24) is 16.0 Å². The summed E-state index contributed by atoms with van der Waals surface area (Å²) < 4.78 is 0. The maximum absolute atomic E-state index is 5.07. The Hall–Kier alpha value is -1.13. The molecule has 3 nitrogen and oxygen atoms in total. The number of thiocarbonyl (C=S) groups is 1. The van der Waals surface area contributed by atoms with Crippen LogP contribution in [0.3, 0.4) is 0 Å². The molecule has 4 heteroatoms. The minimum absolute atomic E-state index is 0.385. The molecule has 1 fully saturated rings. The van der Waals surface area contributed by atoms with Gasteiger partial charge in [0.2, 0.25) is 0 Å². The van der Waals surface area contributed by atoms with Crippen molar-refractivity contribution in [3.63, 3.8) is 0 Å². The van der Waals surface area contributed by atoms with Crippen LogP contribution in [0.15, 0.2) is 30.3 Å². The molecule has 0 saturated carbocycles. The molecule has 3 N–H and O–H groups in total. The first-order valence-corrected chi connectivity index (χ1v) is 5.98.